The van der Waals surface area contributed by atoms with Crippen LogP contribution in [0, 0.1) is 0 Å². The molecule has 0 saturated heterocycles. The van der Waals surface area contributed by atoms with Gasteiger partial charge in [0.15, 0.2) is 0 Å². The molecule has 0 spiro atoms. The van der Waals surface area contributed by atoms with E-state index in [1.54, 1.807) is 6.20 Å². The third-order valence-electron chi connectivity index (χ3n) is 1.95. The lowest BCUT2D eigenvalue weighted by molar-refractivity contribution is -0.160. The van der Waals surface area contributed by atoms with E-state index in [2.05, 4.69) is 15.4 Å². The molecule has 1 rings (SSSR count). The average Bonchev–Trinajstić information content (AvgIpc) is 2.66. The predicted molar refractivity (Wildman–Crippen MR) is 61.5 cm³/mol. The molecule has 17 heavy (non-hydrogen) atoms. The van der Waals surface area contributed by atoms with Gasteiger partial charge >= 0.3 is 5.97 Å². The van der Waals surface area contributed by atoms with Crippen LogP contribution in [0.4, 0.5) is 0 Å². The second-order valence-corrected chi connectivity index (χ2v) is 4.90. The van der Waals surface area contributed by atoms with Crippen molar-refractivity contribution in [1.29, 1.82) is 0 Å². The Bertz CT molecular complexity index is 343. The fourth-order valence-electron chi connectivity index (χ4n) is 1.22. The second kappa shape index (κ2) is 5.77. The Morgan fingerprint density at radius 1 is 1.53 bits per heavy atom. The molecule has 0 radical (unpaired) electrons. The number of aromatic nitrogens is 3. The molecule has 0 aliphatic rings. The highest BCUT2D eigenvalue weighted by atomic mass is 16.6. The fourth-order valence-corrected chi connectivity index (χ4v) is 1.22. The lowest BCUT2D eigenvalue weighted by atomic mass is 10.1. The minimum absolute atomic E-state index is 0.0422. The van der Waals surface area contributed by atoms with Gasteiger partial charge in [0.1, 0.15) is 12.2 Å². The Kier molecular flexibility index (Phi) is 4.62. The molecule has 6 heteroatoms. The van der Waals surface area contributed by atoms with Crippen molar-refractivity contribution in [2.24, 2.45) is 0 Å². The van der Waals surface area contributed by atoms with Crippen molar-refractivity contribution in [2.45, 2.75) is 39.2 Å². The maximum Gasteiger partial charge on any atom is 0.332 e. The molecule has 1 unspecified atom stereocenters. The molecule has 0 aliphatic carbocycles. The van der Waals surface area contributed by atoms with Crippen molar-refractivity contribution in [3.63, 3.8) is 0 Å². The van der Waals surface area contributed by atoms with E-state index in [4.69, 9.17) is 9.47 Å². The lowest BCUT2D eigenvalue weighted by Crippen LogP contribution is -2.27. The first-order valence-corrected chi connectivity index (χ1v) is 5.54. The van der Waals surface area contributed by atoms with Crippen LogP contribution in [-0.4, -0.2) is 40.2 Å². The summed E-state index contributed by atoms with van der Waals surface area (Å²) in [6, 6.07) is 0. The van der Waals surface area contributed by atoms with Gasteiger partial charge in [0.2, 0.25) is 0 Å². The van der Waals surface area contributed by atoms with E-state index in [1.165, 1.54) is 0 Å². The van der Waals surface area contributed by atoms with E-state index in [1.807, 2.05) is 27.7 Å². The molecular weight excluding hydrogens is 222 g/mol. The summed E-state index contributed by atoms with van der Waals surface area (Å²) in [6.45, 7) is 7.78. The van der Waals surface area contributed by atoms with Crippen LogP contribution >= 0.6 is 0 Å². The van der Waals surface area contributed by atoms with Crippen LogP contribution < -0.4 is 0 Å². The Hall–Kier alpha value is -1.43. The van der Waals surface area contributed by atoms with E-state index < -0.39 is 5.60 Å². The number of H-pyrrole nitrogens is 1. The highest BCUT2D eigenvalue weighted by molar-refractivity contribution is 5.71. The minimum atomic E-state index is -0.474. The largest absolute Gasteiger partial charge is 0.458 e. The first-order chi connectivity index (χ1) is 7.88. The molecule has 0 amide bonds. The van der Waals surface area contributed by atoms with Gasteiger partial charge in [0.25, 0.3) is 0 Å². The van der Waals surface area contributed by atoms with Crippen LogP contribution in [-0.2, 0) is 14.3 Å². The molecule has 0 saturated carbocycles. The molecule has 0 aliphatic heterocycles. The Balaban J connectivity index is 2.22. The van der Waals surface area contributed by atoms with E-state index in [-0.39, 0.29) is 18.5 Å². The summed E-state index contributed by atoms with van der Waals surface area (Å²) in [5, 5.41) is 10.2. The van der Waals surface area contributed by atoms with Crippen LogP contribution in [0.25, 0.3) is 0 Å². The minimum Gasteiger partial charge on any atom is -0.458 e. The van der Waals surface area contributed by atoms with Crippen molar-refractivity contribution in [2.75, 3.05) is 13.2 Å². The quantitative estimate of drug-likeness (QED) is 0.785. The normalized spacial score (nSPS) is 13.4. The first kappa shape index (κ1) is 13.6. The monoisotopic (exact) mass is 241 g/mol. The number of carbonyl (C=O) groups is 1. The lowest BCUT2D eigenvalue weighted by Gasteiger charge is -2.19. The predicted octanol–water partition coefficient (Wildman–Crippen LogP) is 1.27. The molecule has 1 atom stereocenters. The van der Waals surface area contributed by atoms with Gasteiger partial charge in [-0.2, -0.15) is 15.4 Å². The van der Waals surface area contributed by atoms with Gasteiger partial charge in [-0.15, -0.1) is 0 Å². The topological polar surface area (TPSA) is 77.1 Å². The van der Waals surface area contributed by atoms with Crippen molar-refractivity contribution < 1.29 is 14.3 Å². The van der Waals surface area contributed by atoms with Crippen LogP contribution in [0.5, 0.6) is 0 Å². The smallest absolute Gasteiger partial charge is 0.332 e. The number of aromatic amines is 1. The number of esters is 1. The van der Waals surface area contributed by atoms with Gasteiger partial charge in [-0.05, 0) is 20.8 Å². The maximum absolute atomic E-state index is 11.3. The van der Waals surface area contributed by atoms with Gasteiger partial charge in [-0.1, -0.05) is 6.92 Å². The summed E-state index contributed by atoms with van der Waals surface area (Å²) in [5.74, 6) is -0.263. The van der Waals surface area contributed by atoms with Crippen LogP contribution in [0.1, 0.15) is 39.3 Å². The number of carbonyl (C=O) groups excluding carboxylic acids is 1. The molecule has 0 bridgehead atoms. The number of nitrogens with zero attached hydrogens (tertiary/aromatic N) is 2. The number of ether oxygens (including phenoxy) is 2. The highest BCUT2D eigenvalue weighted by Gasteiger charge is 2.17. The van der Waals surface area contributed by atoms with Crippen LogP contribution in [0.2, 0.25) is 0 Å². The third kappa shape index (κ3) is 5.44. The molecule has 1 N–H and O–H groups in total. The van der Waals surface area contributed by atoms with Crippen molar-refractivity contribution in [1.82, 2.24) is 15.4 Å². The number of rotatable bonds is 5. The van der Waals surface area contributed by atoms with E-state index >= 15 is 0 Å². The Labute approximate surface area is 101 Å². The number of hydrogen-bond donors (Lipinski definition) is 1. The summed E-state index contributed by atoms with van der Waals surface area (Å²) in [4.78, 5) is 11.3. The average molecular weight is 241 g/mol. The standard InChI is InChI=1S/C11H19N3O3/c1-8(9-5-12-14-13-9)6-16-7-10(15)17-11(2,3)4/h5,8H,6-7H2,1-4H3,(H,12,13,14). The zero-order chi connectivity index (χ0) is 12.9. The maximum atomic E-state index is 11.3. The molecular formula is C11H19N3O3. The third-order valence-corrected chi connectivity index (χ3v) is 1.95. The van der Waals surface area contributed by atoms with Crippen LogP contribution in [0.15, 0.2) is 6.20 Å². The zero-order valence-electron chi connectivity index (χ0n) is 10.7. The van der Waals surface area contributed by atoms with Gasteiger partial charge in [0, 0.05) is 5.92 Å². The fraction of sp³-hybridized carbons (Fsp3) is 0.727. The van der Waals surface area contributed by atoms with Gasteiger partial charge in [-0.3, -0.25) is 0 Å². The van der Waals surface area contributed by atoms with Gasteiger partial charge in [-0.25, -0.2) is 4.79 Å². The van der Waals surface area contributed by atoms with Crippen LogP contribution in [0.3, 0.4) is 0 Å². The second-order valence-electron chi connectivity index (χ2n) is 4.90. The van der Waals surface area contributed by atoms with Gasteiger partial charge in [0.05, 0.1) is 18.5 Å². The highest BCUT2D eigenvalue weighted by Crippen LogP contribution is 2.11. The molecule has 1 heterocycles. The van der Waals surface area contributed by atoms with Gasteiger partial charge < -0.3 is 9.47 Å². The van der Waals surface area contributed by atoms with E-state index in [0.717, 1.165) is 5.69 Å². The molecule has 6 nitrogen and oxygen atoms in total. The zero-order valence-corrected chi connectivity index (χ0v) is 10.7. The molecule has 0 fully saturated rings. The summed E-state index contributed by atoms with van der Waals surface area (Å²) >= 11 is 0. The molecule has 1 aromatic heterocycles. The SMILES string of the molecule is CC(COCC(=O)OC(C)(C)C)c1cn[nH]n1. The Morgan fingerprint density at radius 2 is 2.24 bits per heavy atom. The van der Waals surface area contributed by atoms with E-state index in [0.29, 0.717) is 6.61 Å². The summed E-state index contributed by atoms with van der Waals surface area (Å²) < 4.78 is 10.4. The molecule has 0 aromatic carbocycles. The molecule has 96 valence electrons. The van der Waals surface area contributed by atoms with Crippen molar-refractivity contribution in [3.8, 4) is 0 Å². The summed E-state index contributed by atoms with van der Waals surface area (Å²) in [6.07, 6.45) is 1.64. The Morgan fingerprint density at radius 3 is 2.76 bits per heavy atom. The molecule has 1 aromatic rings. The van der Waals surface area contributed by atoms with E-state index in [9.17, 15) is 4.79 Å². The first-order valence-electron chi connectivity index (χ1n) is 5.54. The van der Waals surface area contributed by atoms with Crippen molar-refractivity contribution >= 4 is 5.97 Å². The summed E-state index contributed by atoms with van der Waals surface area (Å²) in [5.41, 5.74) is 0.340. The summed E-state index contributed by atoms with van der Waals surface area (Å²) in [7, 11) is 0. The number of hydrogen-bond acceptors (Lipinski definition) is 5. The number of nitrogens with one attached hydrogen (secondary N) is 1. The van der Waals surface area contributed by atoms with Crippen molar-refractivity contribution in [3.05, 3.63) is 11.9 Å².